The molecular formula is C18H16N4O3S. The van der Waals surface area contributed by atoms with Crippen molar-refractivity contribution in [1.82, 2.24) is 4.98 Å². The zero-order chi connectivity index (χ0) is 19.3. The Morgan fingerprint density at radius 1 is 1.31 bits per heavy atom. The first-order valence-corrected chi connectivity index (χ1v) is 8.54. The van der Waals surface area contributed by atoms with Gasteiger partial charge in [-0.2, -0.15) is 10.5 Å². The molecule has 0 fully saturated rings. The number of nitrogens with two attached hydrogens (primary N) is 1. The van der Waals surface area contributed by atoms with Crippen LogP contribution >= 0.6 is 11.8 Å². The molecule has 0 bridgehead atoms. The van der Waals surface area contributed by atoms with Crippen LogP contribution in [0, 0.1) is 22.7 Å². The van der Waals surface area contributed by atoms with Gasteiger partial charge in [-0.15, -0.1) is 11.8 Å². The number of rotatable bonds is 5. The Morgan fingerprint density at radius 3 is 2.42 bits per heavy atom. The molecule has 0 radical (unpaired) electrons. The number of ether oxygens (including phenoxy) is 1. The summed E-state index contributed by atoms with van der Waals surface area (Å²) in [6, 6.07) is 10.4. The van der Waals surface area contributed by atoms with Crippen LogP contribution in [0.3, 0.4) is 0 Å². The number of carbonyl (C=O) groups is 1. The summed E-state index contributed by atoms with van der Waals surface area (Å²) in [5, 5.41) is 28.9. The van der Waals surface area contributed by atoms with Crippen molar-refractivity contribution in [3.8, 4) is 23.3 Å². The molecular weight excluding hydrogens is 352 g/mol. The molecule has 7 nitrogen and oxygen atoms in total. The Hall–Kier alpha value is -3.07. The molecule has 2 rings (SSSR count). The maximum Gasteiger partial charge on any atom is 0.337 e. The number of nitrogens with zero attached hydrogens (tertiary/aromatic N) is 3. The van der Waals surface area contributed by atoms with Gasteiger partial charge in [0, 0.05) is 11.3 Å². The SMILES string of the molecule is COC(=O)c1ccc(-c2c(C#N)c(N)nc(SCC(C)O)c2C#N)cc1. The molecule has 0 amide bonds. The number of hydrogen-bond donors (Lipinski definition) is 2. The number of thioether (sulfide) groups is 1. The van der Waals surface area contributed by atoms with Gasteiger partial charge in [0.05, 0.1) is 24.3 Å². The molecule has 2 aromatic rings. The van der Waals surface area contributed by atoms with Gasteiger partial charge in [0.2, 0.25) is 0 Å². The van der Waals surface area contributed by atoms with Gasteiger partial charge in [0.1, 0.15) is 28.5 Å². The molecule has 3 N–H and O–H groups in total. The summed E-state index contributed by atoms with van der Waals surface area (Å²) in [7, 11) is 1.28. The van der Waals surface area contributed by atoms with Crippen LogP contribution in [0.15, 0.2) is 29.3 Å². The third kappa shape index (κ3) is 3.94. The first-order chi connectivity index (χ1) is 12.4. The van der Waals surface area contributed by atoms with Crippen LogP contribution < -0.4 is 5.73 Å². The average molecular weight is 368 g/mol. The van der Waals surface area contributed by atoms with Crippen LogP contribution in [-0.2, 0) is 4.74 Å². The third-order valence-corrected chi connectivity index (χ3v) is 4.69. The van der Waals surface area contributed by atoms with Gasteiger partial charge in [-0.3, -0.25) is 0 Å². The van der Waals surface area contributed by atoms with Crippen molar-refractivity contribution in [3.05, 3.63) is 41.0 Å². The zero-order valence-corrected chi connectivity index (χ0v) is 15.0. The van der Waals surface area contributed by atoms with E-state index in [9.17, 15) is 20.4 Å². The molecule has 1 aromatic heterocycles. The standard InChI is InChI=1S/C18H16N4O3S/c1-10(23)9-26-17-14(8-20)15(13(7-19)16(21)22-17)11-3-5-12(6-4-11)18(24)25-2/h3-6,10,23H,9H2,1-2H3,(H2,21,22). The molecule has 1 heterocycles. The predicted octanol–water partition coefficient (Wildman–Crippen LogP) is 2.33. The first kappa shape index (κ1) is 19.3. The number of benzene rings is 1. The Balaban J connectivity index is 2.64. The van der Waals surface area contributed by atoms with Crippen molar-refractivity contribution in [1.29, 1.82) is 10.5 Å². The quantitative estimate of drug-likeness (QED) is 0.607. The predicted molar refractivity (Wildman–Crippen MR) is 97.3 cm³/mol. The minimum atomic E-state index is -0.590. The fourth-order valence-electron chi connectivity index (χ4n) is 2.28. The number of anilines is 1. The lowest BCUT2D eigenvalue weighted by atomic mass is 9.96. The highest BCUT2D eigenvalue weighted by molar-refractivity contribution is 7.99. The van der Waals surface area contributed by atoms with Crippen molar-refractivity contribution in [2.75, 3.05) is 18.6 Å². The fourth-order valence-corrected chi connectivity index (χ4v) is 3.14. The average Bonchev–Trinajstić information content (AvgIpc) is 2.65. The van der Waals surface area contributed by atoms with Gasteiger partial charge >= 0.3 is 5.97 Å². The van der Waals surface area contributed by atoms with Crippen molar-refractivity contribution in [2.45, 2.75) is 18.1 Å². The number of hydrogen-bond acceptors (Lipinski definition) is 8. The molecule has 1 atom stereocenters. The summed E-state index contributed by atoms with van der Waals surface area (Å²) in [5.74, 6) is -0.153. The maximum atomic E-state index is 11.6. The second kappa shape index (κ2) is 8.34. The van der Waals surface area contributed by atoms with Crippen LogP contribution in [0.25, 0.3) is 11.1 Å². The number of aromatic nitrogens is 1. The molecule has 0 aliphatic rings. The molecule has 0 saturated heterocycles. The number of pyridine rings is 1. The molecule has 8 heteroatoms. The fraction of sp³-hybridized carbons (Fsp3) is 0.222. The van der Waals surface area contributed by atoms with E-state index in [0.29, 0.717) is 27.5 Å². The number of methoxy groups -OCH3 is 1. The van der Waals surface area contributed by atoms with E-state index < -0.39 is 12.1 Å². The van der Waals surface area contributed by atoms with E-state index in [2.05, 4.69) is 15.8 Å². The molecule has 0 saturated carbocycles. The highest BCUT2D eigenvalue weighted by Gasteiger charge is 2.21. The summed E-state index contributed by atoms with van der Waals surface area (Å²) < 4.78 is 4.66. The Bertz CT molecular complexity index is 912. The lowest BCUT2D eigenvalue weighted by Crippen LogP contribution is -2.07. The minimum absolute atomic E-state index is 0.00615. The molecule has 26 heavy (non-hydrogen) atoms. The van der Waals surface area contributed by atoms with Gasteiger partial charge in [-0.1, -0.05) is 12.1 Å². The second-order valence-electron chi connectivity index (χ2n) is 5.38. The molecule has 0 aliphatic carbocycles. The Morgan fingerprint density at radius 2 is 1.92 bits per heavy atom. The monoisotopic (exact) mass is 368 g/mol. The van der Waals surface area contributed by atoms with Crippen LogP contribution in [0.1, 0.15) is 28.4 Å². The van der Waals surface area contributed by atoms with E-state index in [1.807, 2.05) is 6.07 Å². The van der Waals surface area contributed by atoms with Gasteiger partial charge in [-0.25, -0.2) is 9.78 Å². The van der Waals surface area contributed by atoms with Crippen molar-refractivity contribution in [3.63, 3.8) is 0 Å². The largest absolute Gasteiger partial charge is 0.465 e. The second-order valence-corrected chi connectivity index (χ2v) is 6.39. The highest BCUT2D eigenvalue weighted by atomic mass is 32.2. The van der Waals surface area contributed by atoms with E-state index in [4.69, 9.17) is 5.73 Å². The van der Waals surface area contributed by atoms with Gasteiger partial charge in [0.15, 0.2) is 0 Å². The first-order valence-electron chi connectivity index (χ1n) is 7.56. The normalized spacial score (nSPS) is 11.3. The van der Waals surface area contributed by atoms with Crippen molar-refractivity contribution in [2.24, 2.45) is 0 Å². The number of nitrogen functional groups attached to an aromatic ring is 1. The maximum absolute atomic E-state index is 11.6. The van der Waals surface area contributed by atoms with Gasteiger partial charge in [-0.05, 0) is 24.6 Å². The lowest BCUT2D eigenvalue weighted by Gasteiger charge is -2.13. The Kier molecular flexibility index (Phi) is 6.18. The molecule has 1 aromatic carbocycles. The van der Waals surface area contributed by atoms with Gasteiger partial charge in [0.25, 0.3) is 0 Å². The summed E-state index contributed by atoms with van der Waals surface area (Å²) in [6.07, 6.45) is -0.590. The van der Waals surface area contributed by atoms with Crippen LogP contribution in [-0.4, -0.2) is 35.0 Å². The summed E-state index contributed by atoms with van der Waals surface area (Å²) >= 11 is 1.19. The van der Waals surface area contributed by atoms with Crippen molar-refractivity contribution < 1.29 is 14.6 Å². The van der Waals surface area contributed by atoms with Crippen LogP contribution in [0.2, 0.25) is 0 Å². The number of carbonyl (C=O) groups excluding carboxylic acids is 1. The van der Waals surface area contributed by atoms with Crippen molar-refractivity contribution >= 4 is 23.5 Å². The minimum Gasteiger partial charge on any atom is -0.465 e. The molecule has 0 aliphatic heterocycles. The lowest BCUT2D eigenvalue weighted by molar-refractivity contribution is 0.0600. The topological polar surface area (TPSA) is 133 Å². The molecule has 1 unspecified atom stereocenters. The number of aliphatic hydroxyl groups excluding tert-OH is 1. The van der Waals surface area contributed by atoms with Crippen LogP contribution in [0.5, 0.6) is 0 Å². The number of esters is 1. The highest BCUT2D eigenvalue weighted by Crippen LogP contribution is 2.35. The van der Waals surface area contributed by atoms with E-state index in [-0.39, 0.29) is 16.9 Å². The Labute approximate surface area is 155 Å². The summed E-state index contributed by atoms with van der Waals surface area (Å²) in [5.41, 5.74) is 7.45. The van der Waals surface area contributed by atoms with E-state index >= 15 is 0 Å². The summed E-state index contributed by atoms with van der Waals surface area (Å²) in [6.45, 7) is 1.62. The molecule has 132 valence electrons. The zero-order valence-electron chi connectivity index (χ0n) is 14.2. The van der Waals surface area contributed by atoms with Crippen LogP contribution in [0.4, 0.5) is 5.82 Å². The van der Waals surface area contributed by atoms with Gasteiger partial charge < -0.3 is 15.6 Å². The molecule has 0 spiro atoms. The van der Waals surface area contributed by atoms with E-state index in [1.165, 1.54) is 18.9 Å². The van der Waals surface area contributed by atoms with E-state index in [1.54, 1.807) is 31.2 Å². The third-order valence-electron chi connectivity index (χ3n) is 3.47. The number of nitriles is 2. The smallest absolute Gasteiger partial charge is 0.337 e. The van der Waals surface area contributed by atoms with E-state index in [0.717, 1.165) is 0 Å². The summed E-state index contributed by atoms with van der Waals surface area (Å²) in [4.78, 5) is 15.7. The number of aliphatic hydroxyl groups is 1.